The molecule has 1 atom stereocenters. The zero-order chi connectivity index (χ0) is 18.7. The molecule has 25 heavy (non-hydrogen) atoms. The van der Waals surface area contributed by atoms with Crippen molar-refractivity contribution in [3.8, 4) is 0 Å². The molecule has 0 aliphatic carbocycles. The van der Waals surface area contributed by atoms with Crippen molar-refractivity contribution in [2.75, 3.05) is 0 Å². The fraction of sp³-hybridized carbons (Fsp3) is 0.632. The second-order valence-corrected chi connectivity index (χ2v) is 8.00. The van der Waals surface area contributed by atoms with Crippen molar-refractivity contribution in [2.45, 2.75) is 82.6 Å². The Morgan fingerprint density at radius 3 is 2.08 bits per heavy atom. The van der Waals surface area contributed by atoms with Gasteiger partial charge >= 0.3 is 5.97 Å². The molecule has 0 saturated carbocycles. The van der Waals surface area contributed by atoms with Gasteiger partial charge in [-0.3, -0.25) is 0 Å². The maximum Gasteiger partial charge on any atom is 0.338 e. The van der Waals surface area contributed by atoms with Gasteiger partial charge in [-0.15, -0.1) is 0 Å². The van der Waals surface area contributed by atoms with Gasteiger partial charge in [-0.1, -0.05) is 52.4 Å². The first-order valence-electron chi connectivity index (χ1n) is 9.22. The monoisotopic (exact) mass is 369 g/mol. The molecule has 5 nitrogen and oxygen atoms in total. The van der Waals surface area contributed by atoms with Crippen LogP contribution in [0.15, 0.2) is 29.2 Å². The lowest BCUT2D eigenvalue weighted by atomic mass is 10.0. The maximum absolute atomic E-state index is 12.3. The first kappa shape index (κ1) is 21.6. The van der Waals surface area contributed by atoms with E-state index in [0.717, 1.165) is 38.5 Å². The minimum absolute atomic E-state index is 0.0116. The number of benzene rings is 1. The number of sulfonamides is 1. The van der Waals surface area contributed by atoms with Crippen LogP contribution in [0.5, 0.6) is 0 Å². The summed E-state index contributed by atoms with van der Waals surface area (Å²) >= 11 is 0. The first-order valence-corrected chi connectivity index (χ1v) is 10.8. The molecule has 6 heteroatoms. The summed E-state index contributed by atoms with van der Waals surface area (Å²) in [4.78, 5) is 12.3. The number of nitrogens with two attached hydrogens (primary N) is 1. The van der Waals surface area contributed by atoms with Crippen molar-refractivity contribution in [1.29, 1.82) is 0 Å². The Hall–Kier alpha value is -1.40. The number of hydrogen-bond donors (Lipinski definition) is 1. The molecular weight excluding hydrogens is 338 g/mol. The quantitative estimate of drug-likeness (QED) is 0.437. The van der Waals surface area contributed by atoms with Crippen molar-refractivity contribution in [1.82, 2.24) is 0 Å². The average Bonchev–Trinajstić information content (AvgIpc) is 2.58. The smallest absolute Gasteiger partial charge is 0.338 e. The summed E-state index contributed by atoms with van der Waals surface area (Å²) in [6.07, 6.45) is 9.66. The summed E-state index contributed by atoms with van der Waals surface area (Å²) in [6.45, 7) is 4.30. The first-order chi connectivity index (χ1) is 11.9. The van der Waals surface area contributed by atoms with E-state index in [1.54, 1.807) is 0 Å². The van der Waals surface area contributed by atoms with Gasteiger partial charge in [0, 0.05) is 0 Å². The summed E-state index contributed by atoms with van der Waals surface area (Å²) in [7, 11) is -3.75. The number of ether oxygens (including phenoxy) is 1. The largest absolute Gasteiger partial charge is 0.459 e. The van der Waals surface area contributed by atoms with Gasteiger partial charge in [0.25, 0.3) is 0 Å². The number of carbonyl (C=O) groups excluding carboxylic acids is 1. The minimum atomic E-state index is -3.75. The van der Waals surface area contributed by atoms with E-state index in [2.05, 4.69) is 13.8 Å². The molecule has 0 aromatic heterocycles. The zero-order valence-electron chi connectivity index (χ0n) is 15.4. The fourth-order valence-corrected chi connectivity index (χ4v) is 3.19. The Balaban J connectivity index is 2.60. The summed E-state index contributed by atoms with van der Waals surface area (Å²) in [5.41, 5.74) is 0.347. The molecular formula is C19H31NO4S. The molecule has 0 radical (unpaired) electrons. The van der Waals surface area contributed by atoms with E-state index in [1.807, 2.05) is 0 Å². The summed E-state index contributed by atoms with van der Waals surface area (Å²) in [5, 5.41) is 5.06. The Kier molecular flexibility index (Phi) is 9.75. The van der Waals surface area contributed by atoms with Crippen LogP contribution in [-0.4, -0.2) is 20.5 Å². The van der Waals surface area contributed by atoms with Crippen LogP contribution < -0.4 is 5.14 Å². The van der Waals surface area contributed by atoms with Crippen molar-refractivity contribution >= 4 is 16.0 Å². The van der Waals surface area contributed by atoms with Gasteiger partial charge in [-0.2, -0.15) is 0 Å². The van der Waals surface area contributed by atoms with Crippen LogP contribution in [0, 0.1) is 0 Å². The average molecular weight is 370 g/mol. The van der Waals surface area contributed by atoms with Crippen molar-refractivity contribution in [3.63, 3.8) is 0 Å². The highest BCUT2D eigenvalue weighted by atomic mass is 32.2. The predicted octanol–water partition coefficient (Wildman–Crippen LogP) is 4.41. The number of carbonyl (C=O) groups is 1. The molecule has 0 fully saturated rings. The highest BCUT2D eigenvalue weighted by Gasteiger charge is 2.16. The van der Waals surface area contributed by atoms with Gasteiger partial charge in [0.15, 0.2) is 0 Å². The molecule has 142 valence electrons. The van der Waals surface area contributed by atoms with E-state index < -0.39 is 16.0 Å². The highest BCUT2D eigenvalue weighted by Crippen LogP contribution is 2.17. The molecule has 0 aliphatic rings. The Morgan fingerprint density at radius 2 is 1.52 bits per heavy atom. The number of primary sulfonamides is 1. The fourth-order valence-electron chi connectivity index (χ4n) is 2.67. The predicted molar refractivity (Wildman–Crippen MR) is 99.9 cm³/mol. The molecule has 0 spiro atoms. The van der Waals surface area contributed by atoms with Crippen LogP contribution in [0.3, 0.4) is 0 Å². The molecule has 1 unspecified atom stereocenters. The Bertz CT molecular complexity index is 611. The SMILES string of the molecule is CCCCCCCC(CCCC)OC(=O)c1ccc(S(N)(=O)=O)cc1. The van der Waals surface area contributed by atoms with E-state index in [1.165, 1.54) is 43.5 Å². The summed E-state index contributed by atoms with van der Waals surface area (Å²) < 4.78 is 28.2. The third kappa shape index (κ3) is 8.50. The summed E-state index contributed by atoms with van der Waals surface area (Å²) in [6, 6.07) is 5.55. The lowest BCUT2D eigenvalue weighted by Gasteiger charge is -2.18. The van der Waals surface area contributed by atoms with Gasteiger partial charge in [0.1, 0.15) is 6.10 Å². The normalized spacial score (nSPS) is 12.8. The van der Waals surface area contributed by atoms with E-state index >= 15 is 0 Å². The standard InChI is InChI=1S/C19H31NO4S/c1-3-5-7-8-9-11-17(10-6-4-2)24-19(21)16-12-14-18(15-13-16)25(20,22)23/h12-15,17H,3-11H2,1-2H3,(H2,20,22,23). The van der Waals surface area contributed by atoms with Gasteiger partial charge in [-0.05, 0) is 43.5 Å². The van der Waals surface area contributed by atoms with Crippen LogP contribution in [-0.2, 0) is 14.8 Å². The van der Waals surface area contributed by atoms with Crippen LogP contribution in [0.4, 0.5) is 0 Å². The topological polar surface area (TPSA) is 86.5 Å². The third-order valence-corrected chi connectivity index (χ3v) is 5.13. The van der Waals surface area contributed by atoms with Gasteiger partial charge in [0.05, 0.1) is 10.5 Å². The molecule has 1 rings (SSSR count). The lowest BCUT2D eigenvalue weighted by Crippen LogP contribution is -2.19. The molecule has 1 aromatic rings. The van der Waals surface area contributed by atoms with Gasteiger partial charge in [-0.25, -0.2) is 18.4 Å². The number of esters is 1. The molecule has 0 amide bonds. The Labute approximate surface area is 152 Å². The number of hydrogen-bond acceptors (Lipinski definition) is 4. The van der Waals surface area contributed by atoms with E-state index in [9.17, 15) is 13.2 Å². The van der Waals surface area contributed by atoms with Crippen molar-refractivity contribution < 1.29 is 17.9 Å². The van der Waals surface area contributed by atoms with E-state index in [0.29, 0.717) is 5.56 Å². The second-order valence-electron chi connectivity index (χ2n) is 6.44. The molecule has 0 aliphatic heterocycles. The molecule has 2 N–H and O–H groups in total. The highest BCUT2D eigenvalue weighted by molar-refractivity contribution is 7.89. The maximum atomic E-state index is 12.3. The van der Waals surface area contributed by atoms with Gasteiger partial charge < -0.3 is 4.74 Å². The molecule has 0 heterocycles. The van der Waals surface area contributed by atoms with Crippen molar-refractivity contribution in [2.24, 2.45) is 5.14 Å². The summed E-state index contributed by atoms with van der Waals surface area (Å²) in [5.74, 6) is -0.407. The third-order valence-electron chi connectivity index (χ3n) is 4.20. The van der Waals surface area contributed by atoms with Crippen LogP contribution >= 0.6 is 0 Å². The number of rotatable bonds is 12. The minimum Gasteiger partial charge on any atom is -0.459 e. The molecule has 0 bridgehead atoms. The van der Waals surface area contributed by atoms with Crippen LogP contribution in [0.1, 0.15) is 82.0 Å². The molecule has 0 saturated heterocycles. The van der Waals surface area contributed by atoms with Gasteiger partial charge in [0.2, 0.25) is 10.0 Å². The second kappa shape index (κ2) is 11.3. The lowest BCUT2D eigenvalue weighted by molar-refractivity contribution is 0.0250. The van der Waals surface area contributed by atoms with Crippen LogP contribution in [0.2, 0.25) is 0 Å². The van der Waals surface area contributed by atoms with Crippen molar-refractivity contribution in [3.05, 3.63) is 29.8 Å². The van der Waals surface area contributed by atoms with Crippen LogP contribution in [0.25, 0.3) is 0 Å². The zero-order valence-corrected chi connectivity index (χ0v) is 16.2. The van der Waals surface area contributed by atoms with E-state index in [-0.39, 0.29) is 11.0 Å². The number of unbranched alkanes of at least 4 members (excludes halogenated alkanes) is 5. The Morgan fingerprint density at radius 1 is 0.960 bits per heavy atom. The molecule has 1 aromatic carbocycles. The van der Waals surface area contributed by atoms with E-state index in [4.69, 9.17) is 9.88 Å².